The van der Waals surface area contributed by atoms with Crippen LogP contribution in [0, 0.1) is 6.92 Å². The largest absolute Gasteiger partial charge is 0.383 e. The van der Waals surface area contributed by atoms with Crippen LogP contribution in [0.2, 0.25) is 0 Å². The lowest BCUT2D eigenvalue weighted by atomic mass is 9.81. The van der Waals surface area contributed by atoms with Crippen molar-refractivity contribution in [3.63, 3.8) is 0 Å². The molecule has 28 heavy (non-hydrogen) atoms. The van der Waals surface area contributed by atoms with Gasteiger partial charge in [-0.1, -0.05) is 26.8 Å². The van der Waals surface area contributed by atoms with Crippen LogP contribution < -0.4 is 5.32 Å². The molecule has 1 aromatic carbocycles. The Labute approximate surface area is 169 Å². The fraction of sp³-hybridized carbons (Fsp3) is 0.409. The highest BCUT2D eigenvalue weighted by atomic mass is 32.1. The molecule has 0 atom stereocenters. The average molecular weight is 395 g/mol. The zero-order valence-electron chi connectivity index (χ0n) is 16.8. The van der Waals surface area contributed by atoms with Crippen molar-refractivity contribution in [2.24, 2.45) is 0 Å². The number of nitrogens with zero attached hydrogens (tertiary/aromatic N) is 3. The van der Waals surface area contributed by atoms with Gasteiger partial charge in [-0.2, -0.15) is 0 Å². The summed E-state index contributed by atoms with van der Waals surface area (Å²) in [6.45, 7) is 8.49. The minimum atomic E-state index is -0.713. The van der Waals surface area contributed by atoms with Crippen LogP contribution in [0.1, 0.15) is 56.3 Å². The number of benzene rings is 1. The number of thiazole rings is 1. The summed E-state index contributed by atoms with van der Waals surface area (Å²) in [5.74, 6) is 0.595. The number of hydrogen-bond donors (Lipinski definition) is 2. The van der Waals surface area contributed by atoms with Crippen molar-refractivity contribution in [3.05, 3.63) is 52.9 Å². The highest BCUT2D eigenvalue weighted by Gasteiger charge is 2.39. The van der Waals surface area contributed by atoms with Crippen molar-refractivity contribution in [2.75, 3.05) is 5.32 Å². The fourth-order valence-electron chi connectivity index (χ4n) is 3.31. The molecular weight excluding hydrogens is 368 g/mol. The standard InChI is InChI=1S/C22H26N4OS/c1-14-10-15(17-13-24-19(28-17)22(27)7-5-8-22)12-16(11-14)25-20-23-9-6-18(26-20)21(2,3)4/h6,9-13,27H,5,7-8H2,1-4H3,(H,23,25,26). The van der Waals surface area contributed by atoms with E-state index in [-0.39, 0.29) is 5.41 Å². The van der Waals surface area contributed by atoms with Crippen LogP contribution in [0.3, 0.4) is 0 Å². The van der Waals surface area contributed by atoms with E-state index in [9.17, 15) is 5.11 Å². The van der Waals surface area contributed by atoms with Crippen LogP contribution in [-0.4, -0.2) is 20.1 Å². The molecular formula is C22H26N4OS. The molecule has 0 aliphatic heterocycles. The van der Waals surface area contributed by atoms with Gasteiger partial charge in [-0.25, -0.2) is 15.0 Å². The molecule has 0 saturated heterocycles. The molecule has 1 saturated carbocycles. The molecule has 2 N–H and O–H groups in total. The first-order valence-electron chi connectivity index (χ1n) is 9.64. The second-order valence-corrected chi connectivity index (χ2v) is 9.67. The molecule has 0 bridgehead atoms. The van der Waals surface area contributed by atoms with Gasteiger partial charge in [-0.3, -0.25) is 0 Å². The van der Waals surface area contributed by atoms with Crippen molar-refractivity contribution < 1.29 is 5.11 Å². The summed E-state index contributed by atoms with van der Waals surface area (Å²) in [6, 6.07) is 8.26. The van der Waals surface area contributed by atoms with E-state index in [0.717, 1.165) is 51.7 Å². The molecule has 5 nitrogen and oxygen atoms in total. The van der Waals surface area contributed by atoms with Gasteiger partial charge in [0, 0.05) is 23.5 Å². The normalized spacial score (nSPS) is 15.9. The molecule has 3 aromatic rings. The molecule has 0 radical (unpaired) electrons. The summed E-state index contributed by atoms with van der Waals surface area (Å²) in [4.78, 5) is 14.6. The van der Waals surface area contributed by atoms with Crippen molar-refractivity contribution in [2.45, 2.75) is 58.0 Å². The van der Waals surface area contributed by atoms with Gasteiger partial charge in [-0.15, -0.1) is 11.3 Å². The first-order valence-corrected chi connectivity index (χ1v) is 10.5. The van der Waals surface area contributed by atoms with E-state index in [4.69, 9.17) is 0 Å². The number of anilines is 2. The van der Waals surface area contributed by atoms with Crippen molar-refractivity contribution in [1.29, 1.82) is 0 Å². The zero-order valence-corrected chi connectivity index (χ0v) is 17.6. The number of nitrogens with one attached hydrogen (secondary N) is 1. The van der Waals surface area contributed by atoms with E-state index in [1.165, 1.54) is 0 Å². The molecule has 4 rings (SSSR count). The van der Waals surface area contributed by atoms with Crippen molar-refractivity contribution >= 4 is 23.0 Å². The number of aryl methyl sites for hydroxylation is 1. The summed E-state index contributed by atoms with van der Waals surface area (Å²) in [5, 5.41) is 14.7. The Balaban J connectivity index is 1.61. The van der Waals surface area contributed by atoms with Gasteiger partial charge in [0.2, 0.25) is 5.95 Å². The summed E-state index contributed by atoms with van der Waals surface area (Å²) >= 11 is 1.58. The van der Waals surface area contributed by atoms with E-state index in [1.54, 1.807) is 17.5 Å². The molecule has 146 valence electrons. The van der Waals surface area contributed by atoms with E-state index >= 15 is 0 Å². The molecule has 2 heterocycles. The predicted molar refractivity (Wildman–Crippen MR) is 114 cm³/mol. The minimum absolute atomic E-state index is 0.0298. The van der Waals surface area contributed by atoms with Gasteiger partial charge < -0.3 is 10.4 Å². The lowest BCUT2D eigenvalue weighted by Crippen LogP contribution is -2.33. The summed E-state index contributed by atoms with van der Waals surface area (Å²) in [6.07, 6.45) is 6.34. The topological polar surface area (TPSA) is 70.9 Å². The lowest BCUT2D eigenvalue weighted by molar-refractivity contribution is -0.0389. The molecule has 0 amide bonds. The quantitative estimate of drug-likeness (QED) is 0.626. The number of aromatic nitrogens is 3. The third-order valence-corrected chi connectivity index (χ3v) is 6.37. The average Bonchev–Trinajstić information content (AvgIpc) is 3.09. The van der Waals surface area contributed by atoms with Crippen LogP contribution in [0.25, 0.3) is 10.4 Å². The fourth-order valence-corrected chi connectivity index (χ4v) is 4.36. The summed E-state index contributed by atoms with van der Waals surface area (Å²) in [5.41, 5.74) is 3.43. The molecule has 1 fully saturated rings. The number of aliphatic hydroxyl groups is 1. The maximum atomic E-state index is 10.6. The van der Waals surface area contributed by atoms with Gasteiger partial charge in [0.1, 0.15) is 10.6 Å². The van der Waals surface area contributed by atoms with E-state index in [2.05, 4.69) is 66.2 Å². The Hall–Kier alpha value is -2.31. The Morgan fingerprint density at radius 3 is 2.61 bits per heavy atom. The molecule has 6 heteroatoms. The van der Waals surface area contributed by atoms with Crippen LogP contribution in [0.5, 0.6) is 0 Å². The van der Waals surface area contributed by atoms with Crippen LogP contribution >= 0.6 is 11.3 Å². The van der Waals surface area contributed by atoms with Gasteiger partial charge in [-0.05, 0) is 55.5 Å². The van der Waals surface area contributed by atoms with E-state index in [0.29, 0.717) is 5.95 Å². The van der Waals surface area contributed by atoms with Crippen LogP contribution in [0.15, 0.2) is 36.7 Å². The van der Waals surface area contributed by atoms with Gasteiger partial charge >= 0.3 is 0 Å². The second kappa shape index (κ2) is 6.94. The third-order valence-electron chi connectivity index (χ3n) is 5.13. The molecule has 0 unspecified atom stereocenters. The molecule has 0 spiro atoms. The van der Waals surface area contributed by atoms with Crippen molar-refractivity contribution in [1.82, 2.24) is 15.0 Å². The Bertz CT molecular complexity index is 1000. The SMILES string of the molecule is Cc1cc(Nc2nccc(C(C)(C)C)n2)cc(-c2cnc(C3(O)CCC3)s2)c1. The first kappa shape index (κ1) is 19.0. The second-order valence-electron chi connectivity index (χ2n) is 8.64. The monoisotopic (exact) mass is 394 g/mol. The smallest absolute Gasteiger partial charge is 0.227 e. The maximum absolute atomic E-state index is 10.6. The Morgan fingerprint density at radius 1 is 1.14 bits per heavy atom. The van der Waals surface area contributed by atoms with Crippen LogP contribution in [0.4, 0.5) is 11.6 Å². The van der Waals surface area contributed by atoms with E-state index < -0.39 is 5.60 Å². The summed E-state index contributed by atoms with van der Waals surface area (Å²) in [7, 11) is 0. The predicted octanol–water partition coefficient (Wildman–Crippen LogP) is 5.32. The highest BCUT2D eigenvalue weighted by Crippen LogP contribution is 2.44. The molecule has 2 aromatic heterocycles. The van der Waals surface area contributed by atoms with Gasteiger partial charge in [0.25, 0.3) is 0 Å². The third kappa shape index (κ3) is 3.80. The Morgan fingerprint density at radius 2 is 1.93 bits per heavy atom. The number of rotatable bonds is 4. The van der Waals surface area contributed by atoms with Gasteiger partial charge in [0.15, 0.2) is 0 Å². The summed E-state index contributed by atoms with van der Waals surface area (Å²) < 4.78 is 0. The zero-order chi connectivity index (χ0) is 19.9. The van der Waals surface area contributed by atoms with E-state index in [1.807, 2.05) is 12.3 Å². The Kier molecular flexibility index (Phi) is 4.71. The molecule has 1 aliphatic rings. The van der Waals surface area contributed by atoms with Gasteiger partial charge in [0.05, 0.1) is 10.6 Å². The molecule has 1 aliphatic carbocycles. The highest BCUT2D eigenvalue weighted by molar-refractivity contribution is 7.15. The minimum Gasteiger partial charge on any atom is -0.383 e. The van der Waals surface area contributed by atoms with Crippen molar-refractivity contribution in [3.8, 4) is 10.4 Å². The lowest BCUT2D eigenvalue weighted by Gasteiger charge is -2.34. The first-order chi connectivity index (χ1) is 13.2. The van der Waals surface area contributed by atoms with Crippen LogP contribution in [-0.2, 0) is 11.0 Å². The number of hydrogen-bond acceptors (Lipinski definition) is 6. The maximum Gasteiger partial charge on any atom is 0.227 e.